The Hall–Kier alpha value is -2.99. The van der Waals surface area contributed by atoms with Gasteiger partial charge in [-0.05, 0) is 77.7 Å². The van der Waals surface area contributed by atoms with Gasteiger partial charge >= 0.3 is 5.97 Å². The number of halogens is 2. The van der Waals surface area contributed by atoms with Gasteiger partial charge in [0.05, 0.1) is 12.2 Å². The van der Waals surface area contributed by atoms with Crippen molar-refractivity contribution in [2.24, 2.45) is 0 Å². The van der Waals surface area contributed by atoms with Crippen molar-refractivity contribution >= 4 is 40.3 Å². The zero-order valence-corrected chi connectivity index (χ0v) is 19.8. The number of benzene rings is 3. The highest BCUT2D eigenvalue weighted by Crippen LogP contribution is 2.43. The molecule has 1 fully saturated rings. The van der Waals surface area contributed by atoms with Gasteiger partial charge in [0, 0.05) is 28.6 Å². The van der Waals surface area contributed by atoms with Crippen molar-refractivity contribution in [3.63, 3.8) is 0 Å². The molecule has 3 aromatic rings. The van der Waals surface area contributed by atoms with Crippen molar-refractivity contribution < 1.29 is 19.4 Å². The van der Waals surface area contributed by atoms with Crippen LogP contribution in [0.3, 0.4) is 0 Å². The average Bonchev–Trinajstić information content (AvgIpc) is 3.25. The van der Waals surface area contributed by atoms with Crippen LogP contribution in [0.2, 0.25) is 10.0 Å². The summed E-state index contributed by atoms with van der Waals surface area (Å²) in [6, 6.07) is 18.4. The minimum absolute atomic E-state index is 0.176. The SMILES string of the molecule is O=C(O)c1ccc2c(c1)OCCC(c1ccc(Cl)cc1Cl)=C2c1ccc(O[C@H]2CCNC2)cc1. The summed E-state index contributed by atoms with van der Waals surface area (Å²) >= 11 is 12.8. The third-order valence-electron chi connectivity index (χ3n) is 6.13. The molecule has 0 saturated carbocycles. The summed E-state index contributed by atoms with van der Waals surface area (Å²) in [4.78, 5) is 11.6. The average molecular weight is 496 g/mol. The number of carbonyl (C=O) groups is 1. The Kier molecular flexibility index (Phi) is 6.50. The van der Waals surface area contributed by atoms with E-state index in [-0.39, 0.29) is 11.7 Å². The van der Waals surface area contributed by atoms with Crippen LogP contribution in [0.1, 0.15) is 39.9 Å². The van der Waals surface area contributed by atoms with Crippen LogP contribution < -0.4 is 14.8 Å². The first-order chi connectivity index (χ1) is 16.5. The molecule has 1 atom stereocenters. The minimum Gasteiger partial charge on any atom is -0.493 e. The number of rotatable bonds is 5. The molecular weight excluding hydrogens is 473 g/mol. The van der Waals surface area contributed by atoms with Crippen molar-refractivity contribution in [3.8, 4) is 11.5 Å². The second-order valence-corrected chi connectivity index (χ2v) is 9.19. The van der Waals surface area contributed by atoms with Gasteiger partial charge in [0.2, 0.25) is 0 Å². The summed E-state index contributed by atoms with van der Waals surface area (Å²) < 4.78 is 12.1. The second kappa shape index (κ2) is 9.71. The lowest BCUT2D eigenvalue weighted by Crippen LogP contribution is -2.19. The summed E-state index contributed by atoms with van der Waals surface area (Å²) in [6.45, 7) is 2.21. The number of nitrogens with one attached hydrogen (secondary N) is 1. The number of fused-ring (bicyclic) bond motifs is 1. The predicted octanol–water partition coefficient (Wildman–Crippen LogP) is 6.17. The number of carboxylic acid groups (broad SMARTS) is 1. The molecule has 0 spiro atoms. The fourth-order valence-electron chi connectivity index (χ4n) is 4.49. The molecule has 0 radical (unpaired) electrons. The summed E-state index contributed by atoms with van der Waals surface area (Å²) in [6.07, 6.45) is 1.76. The molecule has 0 aliphatic carbocycles. The largest absolute Gasteiger partial charge is 0.493 e. The van der Waals surface area contributed by atoms with E-state index in [1.165, 1.54) is 0 Å². The molecule has 1 saturated heterocycles. The van der Waals surface area contributed by atoms with Gasteiger partial charge in [-0.15, -0.1) is 0 Å². The van der Waals surface area contributed by atoms with Gasteiger partial charge in [-0.2, -0.15) is 0 Å². The zero-order valence-electron chi connectivity index (χ0n) is 18.3. The van der Waals surface area contributed by atoms with Crippen molar-refractivity contribution in [1.29, 1.82) is 0 Å². The Morgan fingerprint density at radius 2 is 1.82 bits per heavy atom. The lowest BCUT2D eigenvalue weighted by Gasteiger charge is -2.18. The van der Waals surface area contributed by atoms with E-state index in [0.29, 0.717) is 28.8 Å². The van der Waals surface area contributed by atoms with Gasteiger partial charge in [-0.25, -0.2) is 4.79 Å². The van der Waals surface area contributed by atoms with E-state index < -0.39 is 5.97 Å². The van der Waals surface area contributed by atoms with Crippen LogP contribution in [0, 0.1) is 0 Å². The van der Waals surface area contributed by atoms with Crippen LogP contribution in [-0.2, 0) is 0 Å². The zero-order chi connectivity index (χ0) is 23.7. The second-order valence-electron chi connectivity index (χ2n) is 8.35. The number of aromatic carboxylic acids is 1. The van der Waals surface area contributed by atoms with E-state index in [0.717, 1.165) is 53.1 Å². The van der Waals surface area contributed by atoms with E-state index in [2.05, 4.69) is 5.32 Å². The van der Waals surface area contributed by atoms with E-state index in [4.69, 9.17) is 32.7 Å². The lowest BCUT2D eigenvalue weighted by molar-refractivity contribution is 0.0696. The van der Waals surface area contributed by atoms with Crippen LogP contribution in [0.5, 0.6) is 11.5 Å². The Balaban J connectivity index is 1.64. The van der Waals surface area contributed by atoms with Crippen LogP contribution in [0.15, 0.2) is 60.7 Å². The summed E-state index contributed by atoms with van der Waals surface area (Å²) in [5.74, 6) is 0.354. The molecule has 3 aromatic carbocycles. The highest BCUT2D eigenvalue weighted by atomic mass is 35.5. The monoisotopic (exact) mass is 495 g/mol. The molecule has 2 N–H and O–H groups in total. The smallest absolute Gasteiger partial charge is 0.335 e. The lowest BCUT2D eigenvalue weighted by atomic mass is 9.87. The molecule has 0 amide bonds. The first kappa shape index (κ1) is 22.8. The van der Waals surface area contributed by atoms with Gasteiger partial charge in [-0.1, -0.05) is 41.4 Å². The molecule has 34 heavy (non-hydrogen) atoms. The van der Waals surface area contributed by atoms with E-state index in [9.17, 15) is 9.90 Å². The van der Waals surface area contributed by atoms with E-state index in [1.807, 2.05) is 36.4 Å². The third-order valence-corrected chi connectivity index (χ3v) is 6.67. The van der Waals surface area contributed by atoms with Gasteiger partial charge < -0.3 is 19.9 Å². The molecule has 5 nitrogen and oxygen atoms in total. The Morgan fingerprint density at radius 3 is 2.53 bits per heavy atom. The van der Waals surface area contributed by atoms with E-state index in [1.54, 1.807) is 24.3 Å². The summed E-state index contributed by atoms with van der Waals surface area (Å²) in [5.41, 5.74) is 4.79. The maximum absolute atomic E-state index is 11.6. The molecule has 7 heteroatoms. The number of carboxylic acids is 1. The van der Waals surface area contributed by atoms with Gasteiger partial charge in [0.15, 0.2) is 0 Å². The van der Waals surface area contributed by atoms with Crippen LogP contribution in [0.25, 0.3) is 11.1 Å². The Morgan fingerprint density at radius 1 is 1.03 bits per heavy atom. The molecule has 5 rings (SSSR count). The molecule has 2 aliphatic rings. The first-order valence-electron chi connectivity index (χ1n) is 11.2. The fourth-order valence-corrected chi connectivity index (χ4v) is 5.01. The quantitative estimate of drug-likeness (QED) is 0.442. The maximum Gasteiger partial charge on any atom is 0.335 e. The normalized spacial score (nSPS) is 17.6. The predicted molar refractivity (Wildman–Crippen MR) is 134 cm³/mol. The standard InChI is InChI=1S/C27H23Cl2NO4/c28-18-4-8-21(24(29)14-18)22-10-12-33-25-13-17(27(31)32)3-7-23(25)26(22)16-1-5-19(6-2-16)34-20-9-11-30-15-20/h1-8,13-14,20,30H,9-12,15H2,(H,31,32)/t20-/m0/s1. The number of hydrogen-bond donors (Lipinski definition) is 2. The van der Waals surface area contributed by atoms with Crippen LogP contribution in [-0.4, -0.2) is 36.9 Å². The number of ether oxygens (including phenoxy) is 2. The molecule has 2 aliphatic heterocycles. The summed E-state index contributed by atoms with van der Waals surface area (Å²) in [7, 11) is 0. The highest BCUT2D eigenvalue weighted by Gasteiger charge is 2.24. The summed E-state index contributed by atoms with van der Waals surface area (Å²) in [5, 5.41) is 13.9. The van der Waals surface area contributed by atoms with Crippen molar-refractivity contribution in [2.45, 2.75) is 18.9 Å². The first-order valence-corrected chi connectivity index (χ1v) is 11.9. The maximum atomic E-state index is 11.6. The van der Waals surface area contributed by atoms with E-state index >= 15 is 0 Å². The molecule has 174 valence electrons. The van der Waals surface area contributed by atoms with Crippen molar-refractivity contribution in [2.75, 3.05) is 19.7 Å². The third kappa shape index (κ3) is 4.64. The molecular formula is C27H23Cl2NO4. The van der Waals surface area contributed by atoms with Gasteiger partial charge in [0.1, 0.15) is 17.6 Å². The topological polar surface area (TPSA) is 67.8 Å². The van der Waals surface area contributed by atoms with Gasteiger partial charge in [0.25, 0.3) is 0 Å². The molecule has 0 unspecified atom stereocenters. The van der Waals surface area contributed by atoms with Crippen LogP contribution in [0.4, 0.5) is 0 Å². The molecule has 0 bridgehead atoms. The molecule has 0 aromatic heterocycles. The van der Waals surface area contributed by atoms with Crippen molar-refractivity contribution in [1.82, 2.24) is 5.32 Å². The van der Waals surface area contributed by atoms with Crippen molar-refractivity contribution in [3.05, 3.63) is 93.0 Å². The van der Waals surface area contributed by atoms with Crippen LogP contribution >= 0.6 is 23.2 Å². The Bertz CT molecular complexity index is 1260. The Labute approximate surface area is 207 Å². The molecule has 2 heterocycles. The number of hydrogen-bond acceptors (Lipinski definition) is 4. The highest BCUT2D eigenvalue weighted by molar-refractivity contribution is 6.36. The minimum atomic E-state index is -0.995. The fraction of sp³-hybridized carbons (Fsp3) is 0.222. The van der Waals surface area contributed by atoms with Gasteiger partial charge in [-0.3, -0.25) is 0 Å².